The first-order valence-electron chi connectivity index (χ1n) is 8.22. The fourth-order valence-corrected chi connectivity index (χ4v) is 3.24. The van der Waals surface area contributed by atoms with Crippen molar-refractivity contribution in [1.82, 2.24) is 10.2 Å². The van der Waals surface area contributed by atoms with Crippen LogP contribution < -0.4 is 19.5 Å². The highest BCUT2D eigenvalue weighted by molar-refractivity contribution is 6.42. The van der Waals surface area contributed by atoms with E-state index in [0.717, 1.165) is 4.90 Å². The van der Waals surface area contributed by atoms with E-state index in [1.165, 1.54) is 13.2 Å². The minimum absolute atomic E-state index is 0.0666. The molecular formula is C19H14Cl2N2O5. The summed E-state index contributed by atoms with van der Waals surface area (Å²) in [7, 11) is 1.51. The van der Waals surface area contributed by atoms with Crippen LogP contribution in [0.4, 0.5) is 4.79 Å². The molecule has 0 atom stereocenters. The van der Waals surface area contributed by atoms with Gasteiger partial charge in [-0.25, -0.2) is 4.79 Å². The second kappa shape index (κ2) is 7.26. The number of halogens is 2. The summed E-state index contributed by atoms with van der Waals surface area (Å²) in [5, 5.41) is 3.33. The van der Waals surface area contributed by atoms with Crippen molar-refractivity contribution in [3.63, 3.8) is 0 Å². The van der Waals surface area contributed by atoms with Crippen molar-refractivity contribution in [2.45, 2.75) is 6.54 Å². The van der Waals surface area contributed by atoms with Gasteiger partial charge >= 0.3 is 6.03 Å². The SMILES string of the molecule is COc1cc2c(cc1C=C1NC(=O)N(Cc3ccc(Cl)c(Cl)c3)C1=O)OCO2. The number of imide groups is 1. The fraction of sp³-hybridized carbons (Fsp3) is 0.158. The van der Waals surface area contributed by atoms with Gasteiger partial charge in [0.25, 0.3) is 5.91 Å². The molecule has 144 valence electrons. The standard InChI is InChI=1S/C19H14Cl2N2O5/c1-26-15-7-17-16(27-9-28-17)6-11(15)5-14-18(24)23(19(25)22-14)8-10-2-3-12(20)13(21)4-10/h2-7H,8-9H2,1H3,(H,22,25). The number of ether oxygens (including phenoxy) is 3. The number of amides is 3. The maximum Gasteiger partial charge on any atom is 0.329 e. The van der Waals surface area contributed by atoms with Crippen LogP contribution in [0, 0.1) is 0 Å². The third kappa shape index (κ3) is 3.34. The van der Waals surface area contributed by atoms with Crippen LogP contribution in [0.5, 0.6) is 17.2 Å². The number of nitrogens with one attached hydrogen (secondary N) is 1. The quantitative estimate of drug-likeness (QED) is 0.600. The Morgan fingerprint density at radius 3 is 2.61 bits per heavy atom. The summed E-state index contributed by atoms with van der Waals surface area (Å²) in [6.45, 7) is 0.183. The van der Waals surface area contributed by atoms with E-state index in [1.54, 1.807) is 30.3 Å². The molecule has 1 N–H and O–H groups in total. The summed E-state index contributed by atoms with van der Waals surface area (Å²) in [5.41, 5.74) is 1.38. The summed E-state index contributed by atoms with van der Waals surface area (Å²) in [5.74, 6) is 1.12. The Kier molecular flexibility index (Phi) is 4.78. The van der Waals surface area contributed by atoms with Crippen LogP contribution in [0.2, 0.25) is 10.0 Å². The van der Waals surface area contributed by atoms with Crippen LogP contribution >= 0.6 is 23.2 Å². The van der Waals surface area contributed by atoms with Gasteiger partial charge in [-0.05, 0) is 29.8 Å². The zero-order valence-electron chi connectivity index (χ0n) is 14.6. The first-order chi connectivity index (χ1) is 13.5. The average Bonchev–Trinajstić information content (AvgIpc) is 3.23. The average molecular weight is 421 g/mol. The van der Waals surface area contributed by atoms with Crippen LogP contribution in [-0.4, -0.2) is 30.7 Å². The molecule has 3 amide bonds. The molecule has 0 aliphatic carbocycles. The van der Waals surface area contributed by atoms with Gasteiger partial charge in [-0.1, -0.05) is 29.3 Å². The molecule has 9 heteroatoms. The minimum atomic E-state index is -0.526. The molecule has 0 spiro atoms. The van der Waals surface area contributed by atoms with Crippen molar-refractivity contribution in [2.75, 3.05) is 13.9 Å². The predicted molar refractivity (Wildman–Crippen MR) is 103 cm³/mol. The van der Waals surface area contributed by atoms with Gasteiger partial charge in [0.05, 0.1) is 23.7 Å². The van der Waals surface area contributed by atoms with Crippen molar-refractivity contribution in [3.8, 4) is 17.2 Å². The molecule has 7 nitrogen and oxygen atoms in total. The van der Waals surface area contributed by atoms with Crippen molar-refractivity contribution in [3.05, 3.63) is 57.2 Å². The number of carbonyl (C=O) groups is 2. The van der Waals surface area contributed by atoms with E-state index in [9.17, 15) is 9.59 Å². The van der Waals surface area contributed by atoms with Crippen LogP contribution in [0.15, 0.2) is 36.0 Å². The molecule has 0 bridgehead atoms. The van der Waals surface area contributed by atoms with Crippen molar-refractivity contribution in [2.24, 2.45) is 0 Å². The van der Waals surface area contributed by atoms with Crippen molar-refractivity contribution < 1.29 is 23.8 Å². The van der Waals surface area contributed by atoms with E-state index >= 15 is 0 Å². The molecule has 2 aliphatic heterocycles. The Hall–Kier alpha value is -2.90. The molecule has 2 heterocycles. The second-order valence-corrected chi connectivity index (χ2v) is 6.89. The van der Waals surface area contributed by atoms with Crippen LogP contribution in [0.3, 0.4) is 0 Å². The van der Waals surface area contributed by atoms with Gasteiger partial charge in [-0.15, -0.1) is 0 Å². The Balaban J connectivity index is 1.61. The number of fused-ring (bicyclic) bond motifs is 1. The third-order valence-electron chi connectivity index (χ3n) is 4.31. The second-order valence-electron chi connectivity index (χ2n) is 6.08. The number of benzene rings is 2. The Morgan fingerprint density at radius 2 is 1.89 bits per heavy atom. The van der Waals surface area contributed by atoms with Gasteiger partial charge in [0.1, 0.15) is 11.4 Å². The number of carbonyl (C=O) groups excluding carboxylic acids is 2. The number of hydrogen-bond acceptors (Lipinski definition) is 5. The molecule has 4 rings (SSSR count). The third-order valence-corrected chi connectivity index (χ3v) is 5.05. The molecule has 1 fully saturated rings. The van der Waals surface area contributed by atoms with Gasteiger partial charge < -0.3 is 19.5 Å². The largest absolute Gasteiger partial charge is 0.496 e. The summed E-state index contributed by atoms with van der Waals surface area (Å²) in [4.78, 5) is 26.1. The highest BCUT2D eigenvalue weighted by atomic mass is 35.5. The van der Waals surface area contributed by atoms with Crippen LogP contribution in [0.1, 0.15) is 11.1 Å². The maximum atomic E-state index is 12.7. The molecular weight excluding hydrogens is 407 g/mol. The Morgan fingerprint density at radius 1 is 1.14 bits per heavy atom. The van der Waals surface area contributed by atoms with E-state index in [4.69, 9.17) is 37.4 Å². The zero-order chi connectivity index (χ0) is 19.8. The van der Waals surface area contributed by atoms with Gasteiger partial charge in [0, 0.05) is 11.6 Å². The summed E-state index contributed by atoms with van der Waals surface area (Å²) in [6.07, 6.45) is 1.54. The van der Waals surface area contributed by atoms with Crippen LogP contribution in [0.25, 0.3) is 6.08 Å². The number of urea groups is 1. The topological polar surface area (TPSA) is 77.1 Å². The van der Waals surface area contributed by atoms with Gasteiger partial charge in [0.15, 0.2) is 11.5 Å². The van der Waals surface area contributed by atoms with E-state index in [1.807, 2.05) is 0 Å². The number of methoxy groups -OCH3 is 1. The lowest BCUT2D eigenvalue weighted by molar-refractivity contribution is -0.123. The van der Waals surface area contributed by atoms with Gasteiger partial charge in [-0.3, -0.25) is 9.69 Å². The molecule has 0 unspecified atom stereocenters. The number of nitrogens with zero attached hydrogens (tertiary/aromatic N) is 1. The first kappa shape index (κ1) is 18.5. The molecule has 28 heavy (non-hydrogen) atoms. The molecule has 0 saturated carbocycles. The highest BCUT2D eigenvalue weighted by Gasteiger charge is 2.34. The summed E-state index contributed by atoms with van der Waals surface area (Å²) < 4.78 is 16.0. The van der Waals surface area contributed by atoms with Crippen molar-refractivity contribution >= 4 is 41.2 Å². The van der Waals surface area contributed by atoms with Crippen LogP contribution in [-0.2, 0) is 11.3 Å². The minimum Gasteiger partial charge on any atom is -0.496 e. The lowest BCUT2D eigenvalue weighted by atomic mass is 10.1. The highest BCUT2D eigenvalue weighted by Crippen LogP contribution is 2.39. The normalized spacial score (nSPS) is 16.7. The smallest absolute Gasteiger partial charge is 0.329 e. The molecule has 2 aromatic carbocycles. The van der Waals surface area contributed by atoms with E-state index in [2.05, 4.69) is 5.32 Å². The molecule has 0 radical (unpaired) electrons. The Labute approximate surface area is 170 Å². The van der Waals surface area contributed by atoms with E-state index < -0.39 is 11.9 Å². The predicted octanol–water partition coefficient (Wildman–Crippen LogP) is 3.82. The summed E-state index contributed by atoms with van der Waals surface area (Å²) in [6, 6.07) is 7.77. The maximum absolute atomic E-state index is 12.7. The monoisotopic (exact) mass is 420 g/mol. The fourth-order valence-electron chi connectivity index (χ4n) is 2.92. The number of hydrogen-bond donors (Lipinski definition) is 1. The first-order valence-corrected chi connectivity index (χ1v) is 8.98. The molecule has 2 aliphatic rings. The van der Waals surface area contributed by atoms with Crippen molar-refractivity contribution in [1.29, 1.82) is 0 Å². The molecule has 1 saturated heterocycles. The lowest BCUT2D eigenvalue weighted by Crippen LogP contribution is -2.30. The Bertz CT molecular complexity index is 1020. The van der Waals surface area contributed by atoms with Gasteiger partial charge in [-0.2, -0.15) is 0 Å². The molecule has 2 aromatic rings. The van der Waals surface area contributed by atoms with E-state index in [0.29, 0.717) is 38.4 Å². The van der Waals surface area contributed by atoms with E-state index in [-0.39, 0.29) is 19.0 Å². The zero-order valence-corrected chi connectivity index (χ0v) is 16.1. The number of rotatable bonds is 4. The lowest BCUT2D eigenvalue weighted by Gasteiger charge is -2.12. The molecule has 0 aromatic heterocycles. The summed E-state index contributed by atoms with van der Waals surface area (Å²) >= 11 is 11.9. The van der Waals surface area contributed by atoms with Gasteiger partial charge in [0.2, 0.25) is 6.79 Å².